The van der Waals surface area contributed by atoms with Crippen molar-refractivity contribution >= 4 is 11.7 Å². The number of nitrogens with zero attached hydrogens (tertiary/aromatic N) is 2. The number of aliphatic carboxylic acids is 1. The maximum absolute atomic E-state index is 10.9. The van der Waals surface area contributed by atoms with Crippen LogP contribution < -0.4 is 9.47 Å². The molecule has 0 saturated heterocycles. The highest BCUT2D eigenvalue weighted by Crippen LogP contribution is 2.22. The van der Waals surface area contributed by atoms with Crippen LogP contribution in [0.5, 0.6) is 11.5 Å². The van der Waals surface area contributed by atoms with Gasteiger partial charge < -0.3 is 19.4 Å². The summed E-state index contributed by atoms with van der Waals surface area (Å²) in [6.07, 6.45) is 0.613. The quantitative estimate of drug-likeness (QED) is 0.310. The average Bonchev–Trinajstić information content (AvgIpc) is 2.86. The smallest absolute Gasteiger partial charge is 0.303 e. The number of carboxylic acid groups (broad SMARTS) is 1. The van der Waals surface area contributed by atoms with E-state index in [0.717, 1.165) is 22.3 Å². The molecule has 34 heavy (non-hydrogen) atoms. The van der Waals surface area contributed by atoms with Crippen LogP contribution in [0.2, 0.25) is 0 Å². The van der Waals surface area contributed by atoms with E-state index in [-0.39, 0.29) is 19.4 Å². The van der Waals surface area contributed by atoms with E-state index in [0.29, 0.717) is 30.2 Å². The van der Waals surface area contributed by atoms with Crippen LogP contribution in [0, 0.1) is 11.3 Å². The molecule has 0 aliphatic carbocycles. The third kappa shape index (κ3) is 7.38. The molecule has 3 aromatic rings. The molecule has 0 bridgehead atoms. The number of nitriles is 1. The second-order valence-corrected chi connectivity index (χ2v) is 7.47. The van der Waals surface area contributed by atoms with Crippen molar-refractivity contribution in [3.8, 4) is 17.6 Å². The van der Waals surface area contributed by atoms with Crippen molar-refractivity contribution in [2.75, 3.05) is 13.7 Å². The zero-order chi connectivity index (χ0) is 24.2. The molecule has 0 atom stereocenters. The molecule has 0 saturated carbocycles. The van der Waals surface area contributed by atoms with Crippen LogP contribution in [0.25, 0.3) is 0 Å². The largest absolute Gasteiger partial charge is 0.489 e. The number of oxime groups is 1. The third-order valence-electron chi connectivity index (χ3n) is 5.07. The Morgan fingerprint density at radius 3 is 2.38 bits per heavy atom. The van der Waals surface area contributed by atoms with Crippen LogP contribution in [0.1, 0.15) is 28.7 Å². The third-order valence-corrected chi connectivity index (χ3v) is 5.07. The van der Waals surface area contributed by atoms with E-state index in [1.54, 1.807) is 12.1 Å². The molecule has 0 unspecified atom stereocenters. The summed E-state index contributed by atoms with van der Waals surface area (Å²) in [7, 11) is 1.50. The van der Waals surface area contributed by atoms with Crippen molar-refractivity contribution in [3.05, 3.63) is 95.1 Å². The maximum atomic E-state index is 10.9. The molecule has 0 fully saturated rings. The van der Waals surface area contributed by atoms with Crippen LogP contribution in [0.3, 0.4) is 0 Å². The first-order valence-electron chi connectivity index (χ1n) is 10.8. The van der Waals surface area contributed by atoms with Gasteiger partial charge in [-0.25, -0.2) is 0 Å². The summed E-state index contributed by atoms with van der Waals surface area (Å²) in [5.41, 5.74) is 4.22. The summed E-state index contributed by atoms with van der Waals surface area (Å²) in [6, 6.07) is 24.8. The number of hydrogen-bond donors (Lipinski definition) is 1. The predicted molar refractivity (Wildman–Crippen MR) is 128 cm³/mol. The van der Waals surface area contributed by atoms with E-state index in [1.807, 2.05) is 60.7 Å². The first kappa shape index (κ1) is 24.3. The molecule has 3 rings (SSSR count). The number of rotatable bonds is 12. The van der Waals surface area contributed by atoms with Crippen molar-refractivity contribution in [2.45, 2.75) is 25.9 Å². The van der Waals surface area contributed by atoms with Crippen LogP contribution in [-0.2, 0) is 29.1 Å². The molecule has 174 valence electrons. The molecular formula is C27H26N2O5. The first-order chi connectivity index (χ1) is 16.6. The zero-order valence-corrected chi connectivity index (χ0v) is 18.9. The van der Waals surface area contributed by atoms with Gasteiger partial charge in [-0.3, -0.25) is 4.79 Å². The fourth-order valence-corrected chi connectivity index (χ4v) is 3.33. The van der Waals surface area contributed by atoms with Gasteiger partial charge in [-0.2, -0.15) is 5.26 Å². The molecule has 0 aromatic heterocycles. The van der Waals surface area contributed by atoms with Gasteiger partial charge >= 0.3 is 5.97 Å². The Labute approximate surface area is 198 Å². The molecule has 0 spiro atoms. The SMILES string of the molecule is CO/N=C(\COc1ccc(COc2ccc(CCC(=O)O)c(CC#N)c2)cc1)c1ccccc1. The van der Waals surface area contributed by atoms with Crippen LogP contribution in [0.4, 0.5) is 0 Å². The number of carboxylic acids is 1. The van der Waals surface area contributed by atoms with Gasteiger partial charge in [0.25, 0.3) is 0 Å². The van der Waals surface area contributed by atoms with Crippen LogP contribution in [-0.4, -0.2) is 30.5 Å². The molecule has 1 N–H and O–H groups in total. The van der Waals surface area contributed by atoms with E-state index in [9.17, 15) is 4.79 Å². The second-order valence-electron chi connectivity index (χ2n) is 7.47. The minimum Gasteiger partial charge on any atom is -0.489 e. The molecule has 7 heteroatoms. The Hall–Kier alpha value is -4.31. The average molecular weight is 459 g/mol. The van der Waals surface area contributed by atoms with Crippen molar-refractivity contribution in [1.82, 2.24) is 0 Å². The summed E-state index contributed by atoms with van der Waals surface area (Å²) < 4.78 is 11.7. The maximum Gasteiger partial charge on any atom is 0.303 e. The lowest BCUT2D eigenvalue weighted by Gasteiger charge is -2.12. The molecule has 0 aliphatic rings. The predicted octanol–water partition coefficient (Wildman–Crippen LogP) is 4.78. The monoisotopic (exact) mass is 458 g/mol. The molecule has 0 heterocycles. The van der Waals surface area contributed by atoms with Crippen molar-refractivity contribution in [3.63, 3.8) is 0 Å². The molecule has 7 nitrogen and oxygen atoms in total. The summed E-state index contributed by atoms with van der Waals surface area (Å²) in [5.74, 6) is 0.466. The van der Waals surface area contributed by atoms with Crippen molar-refractivity contribution in [1.29, 1.82) is 5.26 Å². The van der Waals surface area contributed by atoms with Gasteiger partial charge in [0.1, 0.15) is 37.5 Å². The zero-order valence-electron chi connectivity index (χ0n) is 18.9. The minimum absolute atomic E-state index is 0.0250. The standard InChI is InChI=1S/C27H26N2O5/c1-32-29-26(22-5-3-2-4-6-22)19-34-24-11-7-20(8-12-24)18-33-25-13-9-21(10-14-27(30)31)23(17-25)15-16-28/h2-9,11-13,17H,10,14-15,18-19H2,1H3,(H,30,31)/b29-26+. The Kier molecular flexibility index (Phi) is 9.06. The molecule has 0 aliphatic heterocycles. The number of hydrogen-bond acceptors (Lipinski definition) is 6. The van der Waals surface area contributed by atoms with E-state index >= 15 is 0 Å². The normalized spacial score (nSPS) is 10.9. The Bertz CT molecular complexity index is 1150. The van der Waals surface area contributed by atoms with Gasteiger partial charge in [0, 0.05) is 12.0 Å². The van der Waals surface area contributed by atoms with Gasteiger partial charge in [0.05, 0.1) is 12.5 Å². The lowest BCUT2D eigenvalue weighted by atomic mass is 10.0. The molecule has 0 amide bonds. The first-order valence-corrected chi connectivity index (χ1v) is 10.8. The van der Waals surface area contributed by atoms with Crippen LogP contribution in [0.15, 0.2) is 78.0 Å². The minimum atomic E-state index is -0.863. The van der Waals surface area contributed by atoms with E-state index in [1.165, 1.54) is 7.11 Å². The highest BCUT2D eigenvalue weighted by molar-refractivity contribution is 6.01. The van der Waals surface area contributed by atoms with E-state index < -0.39 is 5.97 Å². The summed E-state index contributed by atoms with van der Waals surface area (Å²) in [5, 5.41) is 22.1. The van der Waals surface area contributed by atoms with Gasteiger partial charge in [-0.1, -0.05) is 53.7 Å². The fourth-order valence-electron chi connectivity index (χ4n) is 3.33. The summed E-state index contributed by atoms with van der Waals surface area (Å²) in [4.78, 5) is 15.8. The Balaban J connectivity index is 1.57. The number of ether oxygens (including phenoxy) is 2. The van der Waals surface area contributed by atoms with E-state index in [4.69, 9.17) is 24.7 Å². The van der Waals surface area contributed by atoms with Gasteiger partial charge in [0.15, 0.2) is 0 Å². The molecule has 0 radical (unpaired) electrons. The van der Waals surface area contributed by atoms with Crippen LogP contribution >= 0.6 is 0 Å². The lowest BCUT2D eigenvalue weighted by Crippen LogP contribution is -2.13. The van der Waals surface area contributed by atoms with Crippen molar-refractivity contribution < 1.29 is 24.2 Å². The number of benzene rings is 3. The number of aryl methyl sites for hydroxylation is 1. The Morgan fingerprint density at radius 2 is 1.71 bits per heavy atom. The van der Waals surface area contributed by atoms with Gasteiger partial charge in [0.2, 0.25) is 0 Å². The topological polar surface area (TPSA) is 101 Å². The number of carbonyl (C=O) groups is 1. The van der Waals surface area contributed by atoms with Crippen molar-refractivity contribution in [2.24, 2.45) is 5.16 Å². The second kappa shape index (κ2) is 12.7. The summed E-state index contributed by atoms with van der Waals surface area (Å²) in [6.45, 7) is 0.616. The lowest BCUT2D eigenvalue weighted by molar-refractivity contribution is -0.136. The summed E-state index contributed by atoms with van der Waals surface area (Å²) >= 11 is 0. The van der Waals surface area contributed by atoms with Gasteiger partial charge in [-0.05, 0) is 47.4 Å². The highest BCUT2D eigenvalue weighted by Gasteiger charge is 2.09. The Morgan fingerprint density at radius 1 is 0.971 bits per heavy atom. The fraction of sp³-hybridized carbons (Fsp3) is 0.222. The molecule has 3 aromatic carbocycles. The molecular weight excluding hydrogens is 432 g/mol. The highest BCUT2D eigenvalue weighted by atomic mass is 16.6. The van der Waals surface area contributed by atoms with Gasteiger partial charge in [-0.15, -0.1) is 0 Å². The van der Waals surface area contributed by atoms with E-state index in [2.05, 4.69) is 11.2 Å².